The number of hydrazone groups is 1. The third-order valence-electron chi connectivity index (χ3n) is 6.21. The summed E-state index contributed by atoms with van der Waals surface area (Å²) >= 11 is 0. The van der Waals surface area contributed by atoms with E-state index in [1.165, 1.54) is 10.7 Å². The minimum atomic E-state index is -4.40. The van der Waals surface area contributed by atoms with Crippen LogP contribution >= 0.6 is 0 Å². The molecule has 1 fully saturated rings. The van der Waals surface area contributed by atoms with Crippen molar-refractivity contribution in [2.24, 2.45) is 11.0 Å². The molecule has 2 aromatic rings. The molecule has 31 heavy (non-hydrogen) atoms. The highest BCUT2D eigenvalue weighted by Gasteiger charge is 2.47. The van der Waals surface area contributed by atoms with E-state index in [2.05, 4.69) is 22.1 Å². The van der Waals surface area contributed by atoms with Crippen LogP contribution in [0.25, 0.3) is 0 Å². The van der Waals surface area contributed by atoms with Gasteiger partial charge in [0.25, 0.3) is 0 Å². The van der Waals surface area contributed by atoms with Crippen LogP contribution in [0.15, 0.2) is 59.7 Å². The highest BCUT2D eigenvalue weighted by molar-refractivity contribution is 5.95. The lowest BCUT2D eigenvalue weighted by molar-refractivity contribution is -0.0620. The van der Waals surface area contributed by atoms with Crippen molar-refractivity contribution in [2.45, 2.75) is 51.4 Å². The van der Waals surface area contributed by atoms with Crippen LogP contribution in [0.3, 0.4) is 0 Å². The number of rotatable bonds is 5. The molecule has 0 bridgehead atoms. The maximum absolute atomic E-state index is 13.3. The molecule has 2 aliphatic heterocycles. The number of piperidine rings is 1. The molecule has 0 aromatic heterocycles. The fraction of sp³-hybridized carbons (Fsp3) is 0.458. The van der Waals surface area contributed by atoms with Crippen LogP contribution in [-0.4, -0.2) is 37.1 Å². The monoisotopic (exact) mass is 431 g/mol. The Morgan fingerprint density at radius 1 is 0.968 bits per heavy atom. The van der Waals surface area contributed by atoms with Gasteiger partial charge >= 0.3 is 6.18 Å². The molecular formula is C24H28F3N3O. The largest absolute Gasteiger partial charge is 0.490 e. The second-order valence-corrected chi connectivity index (χ2v) is 8.23. The van der Waals surface area contributed by atoms with E-state index in [9.17, 15) is 13.2 Å². The van der Waals surface area contributed by atoms with Gasteiger partial charge in [0, 0.05) is 37.5 Å². The SMILES string of the molecule is CC[C@H]1C(C)C(C(F)(F)F)=NN1c1ccc(OC2CCN(c3ccccc3)CC2)cc1. The van der Waals surface area contributed by atoms with Gasteiger partial charge in [0.2, 0.25) is 0 Å². The first-order valence-electron chi connectivity index (χ1n) is 10.9. The number of benzene rings is 2. The number of para-hydroxylation sites is 1. The first-order valence-corrected chi connectivity index (χ1v) is 10.9. The van der Waals surface area contributed by atoms with Crippen molar-refractivity contribution in [3.8, 4) is 5.75 Å². The Balaban J connectivity index is 1.38. The van der Waals surface area contributed by atoms with E-state index in [1.807, 2.05) is 37.3 Å². The summed E-state index contributed by atoms with van der Waals surface area (Å²) in [4.78, 5) is 2.36. The van der Waals surface area contributed by atoms with Gasteiger partial charge in [-0.05, 0) is 42.8 Å². The summed E-state index contributed by atoms with van der Waals surface area (Å²) in [6.45, 7) is 5.36. The van der Waals surface area contributed by atoms with Gasteiger partial charge in [0.15, 0.2) is 0 Å². The quantitative estimate of drug-likeness (QED) is 0.591. The third-order valence-corrected chi connectivity index (χ3v) is 6.21. The maximum atomic E-state index is 13.3. The lowest BCUT2D eigenvalue weighted by atomic mass is 9.95. The Hall–Kier alpha value is -2.70. The van der Waals surface area contributed by atoms with E-state index in [0.29, 0.717) is 12.1 Å². The average Bonchev–Trinajstić information content (AvgIpc) is 3.12. The molecule has 4 nitrogen and oxygen atoms in total. The van der Waals surface area contributed by atoms with Crippen LogP contribution in [-0.2, 0) is 0 Å². The number of hydrogen-bond donors (Lipinski definition) is 0. The minimum Gasteiger partial charge on any atom is -0.490 e. The Labute approximate surface area is 181 Å². The fourth-order valence-corrected chi connectivity index (χ4v) is 4.51. The molecule has 4 rings (SSSR count). The summed E-state index contributed by atoms with van der Waals surface area (Å²) in [5, 5.41) is 5.43. The van der Waals surface area contributed by atoms with Crippen LogP contribution in [0.2, 0.25) is 0 Å². The van der Waals surface area contributed by atoms with Gasteiger partial charge in [-0.2, -0.15) is 18.3 Å². The third kappa shape index (κ3) is 4.65. The minimum absolute atomic E-state index is 0.135. The van der Waals surface area contributed by atoms with Crippen molar-refractivity contribution >= 4 is 17.1 Å². The molecular weight excluding hydrogens is 403 g/mol. The van der Waals surface area contributed by atoms with Gasteiger partial charge in [0.1, 0.15) is 17.6 Å². The Bertz CT molecular complexity index is 891. The molecule has 2 aromatic carbocycles. The molecule has 0 spiro atoms. The average molecular weight is 432 g/mol. The summed E-state index contributed by atoms with van der Waals surface area (Å²) in [6.07, 6.45) is -1.83. The van der Waals surface area contributed by atoms with Crippen molar-refractivity contribution in [1.29, 1.82) is 0 Å². The highest BCUT2D eigenvalue weighted by atomic mass is 19.4. The summed E-state index contributed by atoms with van der Waals surface area (Å²) in [6, 6.07) is 17.3. The molecule has 0 saturated carbocycles. The van der Waals surface area contributed by atoms with Crippen LogP contribution < -0.4 is 14.6 Å². The summed E-state index contributed by atoms with van der Waals surface area (Å²) in [7, 11) is 0. The number of alkyl halides is 3. The molecule has 166 valence electrons. The lowest BCUT2D eigenvalue weighted by Crippen LogP contribution is -2.38. The highest BCUT2D eigenvalue weighted by Crippen LogP contribution is 2.36. The lowest BCUT2D eigenvalue weighted by Gasteiger charge is -2.33. The van der Waals surface area contributed by atoms with Crippen LogP contribution in [0.1, 0.15) is 33.1 Å². The zero-order valence-corrected chi connectivity index (χ0v) is 17.8. The summed E-state index contributed by atoms with van der Waals surface area (Å²) in [5.74, 6) is 0.0814. The van der Waals surface area contributed by atoms with Gasteiger partial charge in [-0.15, -0.1) is 0 Å². The van der Waals surface area contributed by atoms with Crippen LogP contribution in [0.4, 0.5) is 24.5 Å². The fourth-order valence-electron chi connectivity index (χ4n) is 4.51. The second-order valence-electron chi connectivity index (χ2n) is 8.23. The summed E-state index contributed by atoms with van der Waals surface area (Å²) < 4.78 is 46.0. The first kappa shape index (κ1) is 21.5. The Kier molecular flexibility index (Phi) is 6.12. The van der Waals surface area contributed by atoms with E-state index in [-0.39, 0.29) is 12.1 Å². The van der Waals surface area contributed by atoms with E-state index < -0.39 is 17.8 Å². The smallest absolute Gasteiger partial charge is 0.431 e. The predicted octanol–water partition coefficient (Wildman–Crippen LogP) is 5.89. The molecule has 0 amide bonds. The van der Waals surface area contributed by atoms with E-state index >= 15 is 0 Å². The number of halogens is 3. The molecule has 1 unspecified atom stereocenters. The molecule has 2 heterocycles. The molecule has 2 aliphatic rings. The topological polar surface area (TPSA) is 28.1 Å². The Morgan fingerprint density at radius 3 is 2.19 bits per heavy atom. The molecule has 1 saturated heterocycles. The van der Waals surface area contributed by atoms with Gasteiger partial charge < -0.3 is 9.64 Å². The normalized spacial score (nSPS) is 22.5. The summed E-state index contributed by atoms with van der Waals surface area (Å²) in [5.41, 5.74) is 1.18. The maximum Gasteiger partial charge on any atom is 0.431 e. The van der Waals surface area contributed by atoms with Gasteiger partial charge in [-0.1, -0.05) is 32.0 Å². The van der Waals surface area contributed by atoms with E-state index in [0.717, 1.165) is 31.7 Å². The van der Waals surface area contributed by atoms with Gasteiger partial charge in [-0.3, -0.25) is 5.01 Å². The van der Waals surface area contributed by atoms with Crippen LogP contribution in [0.5, 0.6) is 5.75 Å². The molecule has 2 atom stereocenters. The van der Waals surface area contributed by atoms with Crippen LogP contribution in [0, 0.1) is 5.92 Å². The molecule has 0 aliphatic carbocycles. The number of ether oxygens (including phenoxy) is 1. The number of anilines is 2. The van der Waals surface area contributed by atoms with Crippen molar-refractivity contribution in [1.82, 2.24) is 0 Å². The molecule has 0 N–H and O–H groups in total. The van der Waals surface area contributed by atoms with E-state index in [1.54, 1.807) is 19.1 Å². The molecule has 7 heteroatoms. The second kappa shape index (κ2) is 8.81. The van der Waals surface area contributed by atoms with Gasteiger partial charge in [0.05, 0.1) is 11.7 Å². The zero-order valence-electron chi connectivity index (χ0n) is 17.8. The number of hydrogen-bond acceptors (Lipinski definition) is 4. The molecule has 0 radical (unpaired) electrons. The number of nitrogens with zero attached hydrogens (tertiary/aromatic N) is 3. The van der Waals surface area contributed by atoms with E-state index in [4.69, 9.17) is 4.74 Å². The predicted molar refractivity (Wildman–Crippen MR) is 118 cm³/mol. The van der Waals surface area contributed by atoms with Crippen molar-refractivity contribution in [2.75, 3.05) is 23.0 Å². The van der Waals surface area contributed by atoms with Crippen molar-refractivity contribution in [3.63, 3.8) is 0 Å². The zero-order chi connectivity index (χ0) is 22.0. The first-order chi connectivity index (χ1) is 14.9. The Morgan fingerprint density at radius 2 is 1.61 bits per heavy atom. The standard InChI is InChI=1S/C24H28F3N3O/c1-3-22-17(2)23(24(25,26)27)28-30(22)19-9-11-20(12-10-19)31-21-13-15-29(16-14-21)18-7-5-4-6-8-18/h4-12,17,21-22H,3,13-16H2,1-2H3/t17?,22-/m0/s1. The van der Waals surface area contributed by atoms with Gasteiger partial charge in [-0.25, -0.2) is 0 Å². The van der Waals surface area contributed by atoms with Crippen molar-refractivity contribution in [3.05, 3.63) is 54.6 Å². The van der Waals surface area contributed by atoms with Crippen molar-refractivity contribution < 1.29 is 17.9 Å².